The highest BCUT2D eigenvalue weighted by Crippen LogP contribution is 2.28. The number of hydrogen-bond acceptors (Lipinski definition) is 5. The number of amides is 1. The van der Waals surface area contributed by atoms with Gasteiger partial charge in [-0.3, -0.25) is 4.79 Å². The molecule has 1 aliphatic heterocycles. The van der Waals surface area contributed by atoms with E-state index >= 15 is 0 Å². The molecule has 1 saturated carbocycles. The first kappa shape index (κ1) is 16.2. The van der Waals surface area contributed by atoms with Crippen molar-refractivity contribution in [2.75, 3.05) is 13.2 Å². The SMILES string of the molecule is Cc1ccccc1-c1nnn(CC(=O)N2CCO[C@@H]3CCCC[C@H]32)n1. The first-order chi connectivity index (χ1) is 12.2. The van der Waals surface area contributed by atoms with Gasteiger partial charge in [0.1, 0.15) is 6.54 Å². The molecule has 1 saturated heterocycles. The van der Waals surface area contributed by atoms with Gasteiger partial charge in [0.15, 0.2) is 0 Å². The summed E-state index contributed by atoms with van der Waals surface area (Å²) in [6.45, 7) is 3.41. The molecule has 0 bridgehead atoms. The highest BCUT2D eigenvalue weighted by Gasteiger charge is 2.36. The predicted molar refractivity (Wildman–Crippen MR) is 91.7 cm³/mol. The molecule has 0 unspecified atom stereocenters. The number of carbonyl (C=O) groups is 1. The van der Waals surface area contributed by atoms with Crippen LogP contribution in [0.3, 0.4) is 0 Å². The molecule has 2 aromatic rings. The Bertz CT molecular complexity index is 757. The van der Waals surface area contributed by atoms with Gasteiger partial charge >= 0.3 is 0 Å². The summed E-state index contributed by atoms with van der Waals surface area (Å²) >= 11 is 0. The Balaban J connectivity index is 1.47. The van der Waals surface area contributed by atoms with Gasteiger partial charge in [-0.05, 0) is 30.5 Å². The molecule has 1 aromatic carbocycles. The maximum Gasteiger partial charge on any atom is 0.246 e. The highest BCUT2D eigenvalue weighted by molar-refractivity contribution is 5.76. The molecule has 1 aliphatic carbocycles. The summed E-state index contributed by atoms with van der Waals surface area (Å²) in [5, 5.41) is 12.6. The van der Waals surface area contributed by atoms with E-state index in [2.05, 4.69) is 15.4 Å². The monoisotopic (exact) mass is 341 g/mol. The van der Waals surface area contributed by atoms with Gasteiger partial charge in [-0.2, -0.15) is 4.80 Å². The lowest BCUT2D eigenvalue weighted by molar-refractivity contribution is -0.150. The minimum atomic E-state index is 0.0499. The Labute approximate surface area is 147 Å². The van der Waals surface area contributed by atoms with Crippen LogP contribution in [0.25, 0.3) is 11.4 Å². The zero-order valence-corrected chi connectivity index (χ0v) is 14.5. The highest BCUT2D eigenvalue weighted by atomic mass is 16.5. The third-order valence-corrected chi connectivity index (χ3v) is 5.17. The van der Waals surface area contributed by atoms with Crippen LogP contribution < -0.4 is 0 Å². The average Bonchev–Trinajstić information content (AvgIpc) is 3.09. The van der Waals surface area contributed by atoms with Gasteiger partial charge < -0.3 is 9.64 Å². The van der Waals surface area contributed by atoms with E-state index < -0.39 is 0 Å². The van der Waals surface area contributed by atoms with E-state index in [4.69, 9.17) is 4.74 Å². The topological polar surface area (TPSA) is 73.1 Å². The summed E-state index contributed by atoms with van der Waals surface area (Å²) < 4.78 is 5.84. The van der Waals surface area contributed by atoms with Crippen LogP contribution in [0.1, 0.15) is 31.2 Å². The maximum absolute atomic E-state index is 12.8. The van der Waals surface area contributed by atoms with Gasteiger partial charge in [-0.15, -0.1) is 10.2 Å². The molecule has 2 fully saturated rings. The number of benzene rings is 1. The van der Waals surface area contributed by atoms with Gasteiger partial charge in [0.25, 0.3) is 0 Å². The Kier molecular flexibility index (Phi) is 4.48. The molecule has 0 radical (unpaired) electrons. The van der Waals surface area contributed by atoms with Crippen molar-refractivity contribution in [3.63, 3.8) is 0 Å². The number of fused-ring (bicyclic) bond motifs is 1. The van der Waals surface area contributed by atoms with Crippen LogP contribution in [0.2, 0.25) is 0 Å². The molecule has 1 aromatic heterocycles. The van der Waals surface area contributed by atoms with Crippen molar-refractivity contribution in [2.45, 2.75) is 51.3 Å². The van der Waals surface area contributed by atoms with Crippen LogP contribution in [0.5, 0.6) is 0 Å². The van der Waals surface area contributed by atoms with E-state index in [1.54, 1.807) is 0 Å². The van der Waals surface area contributed by atoms with E-state index in [0.29, 0.717) is 19.0 Å². The number of aryl methyl sites for hydroxylation is 1. The minimum Gasteiger partial charge on any atom is -0.374 e. The molecule has 2 aliphatic rings. The number of nitrogens with zero attached hydrogens (tertiary/aromatic N) is 5. The third-order valence-electron chi connectivity index (χ3n) is 5.17. The van der Waals surface area contributed by atoms with Crippen LogP contribution in [0, 0.1) is 6.92 Å². The van der Waals surface area contributed by atoms with Crippen molar-refractivity contribution in [3.05, 3.63) is 29.8 Å². The Hall–Kier alpha value is -2.28. The molecule has 4 rings (SSSR count). The largest absolute Gasteiger partial charge is 0.374 e. The van der Waals surface area contributed by atoms with Crippen molar-refractivity contribution in [3.8, 4) is 11.4 Å². The van der Waals surface area contributed by atoms with Crippen molar-refractivity contribution >= 4 is 5.91 Å². The van der Waals surface area contributed by atoms with Gasteiger partial charge in [-0.1, -0.05) is 37.1 Å². The number of morpholine rings is 1. The Morgan fingerprint density at radius 3 is 3.00 bits per heavy atom. The zero-order chi connectivity index (χ0) is 17.2. The normalized spacial score (nSPS) is 23.3. The first-order valence-corrected chi connectivity index (χ1v) is 8.97. The fourth-order valence-electron chi connectivity index (χ4n) is 3.86. The number of hydrogen-bond donors (Lipinski definition) is 0. The van der Waals surface area contributed by atoms with Gasteiger partial charge in [0.05, 0.1) is 18.8 Å². The second kappa shape index (κ2) is 6.92. The Morgan fingerprint density at radius 1 is 1.28 bits per heavy atom. The van der Waals surface area contributed by atoms with Crippen LogP contribution in [0.15, 0.2) is 24.3 Å². The Morgan fingerprint density at radius 2 is 2.12 bits per heavy atom. The number of ether oxygens (including phenoxy) is 1. The molecule has 0 N–H and O–H groups in total. The lowest BCUT2D eigenvalue weighted by Gasteiger charge is -2.43. The summed E-state index contributed by atoms with van der Waals surface area (Å²) in [5.41, 5.74) is 2.03. The molecular weight excluding hydrogens is 318 g/mol. The van der Waals surface area contributed by atoms with E-state index in [9.17, 15) is 4.79 Å². The second-order valence-corrected chi connectivity index (χ2v) is 6.81. The second-order valence-electron chi connectivity index (χ2n) is 6.81. The van der Waals surface area contributed by atoms with E-state index in [1.807, 2.05) is 36.1 Å². The van der Waals surface area contributed by atoms with Gasteiger partial charge in [0.2, 0.25) is 11.7 Å². The lowest BCUT2D eigenvalue weighted by atomic mass is 9.90. The van der Waals surface area contributed by atoms with Crippen LogP contribution in [-0.4, -0.2) is 56.3 Å². The fourth-order valence-corrected chi connectivity index (χ4v) is 3.86. The van der Waals surface area contributed by atoms with Gasteiger partial charge in [-0.25, -0.2) is 0 Å². The average molecular weight is 341 g/mol. The van der Waals surface area contributed by atoms with Gasteiger partial charge in [0, 0.05) is 12.1 Å². The number of carbonyl (C=O) groups excluding carboxylic acids is 1. The van der Waals surface area contributed by atoms with Crippen LogP contribution in [0.4, 0.5) is 0 Å². The van der Waals surface area contributed by atoms with E-state index in [0.717, 1.165) is 30.4 Å². The number of aromatic nitrogens is 4. The quantitative estimate of drug-likeness (QED) is 0.851. The van der Waals surface area contributed by atoms with Crippen LogP contribution >= 0.6 is 0 Å². The molecular formula is C18H23N5O2. The zero-order valence-electron chi connectivity index (χ0n) is 14.5. The molecule has 25 heavy (non-hydrogen) atoms. The predicted octanol–water partition coefficient (Wildman–Crippen LogP) is 1.82. The summed E-state index contributed by atoms with van der Waals surface area (Å²) in [6, 6.07) is 8.11. The number of rotatable bonds is 3. The molecule has 7 nitrogen and oxygen atoms in total. The summed E-state index contributed by atoms with van der Waals surface area (Å²) in [6.07, 6.45) is 4.61. The van der Waals surface area contributed by atoms with Crippen molar-refractivity contribution in [1.82, 2.24) is 25.1 Å². The third kappa shape index (κ3) is 3.28. The van der Waals surface area contributed by atoms with Crippen molar-refractivity contribution in [2.24, 2.45) is 0 Å². The molecule has 0 spiro atoms. The minimum absolute atomic E-state index is 0.0499. The van der Waals surface area contributed by atoms with Crippen LogP contribution in [-0.2, 0) is 16.1 Å². The molecule has 2 heterocycles. The van der Waals surface area contributed by atoms with Crippen molar-refractivity contribution in [1.29, 1.82) is 0 Å². The molecule has 7 heteroatoms. The maximum atomic E-state index is 12.8. The fraction of sp³-hybridized carbons (Fsp3) is 0.556. The van der Waals surface area contributed by atoms with Crippen molar-refractivity contribution < 1.29 is 9.53 Å². The summed E-state index contributed by atoms with van der Waals surface area (Å²) in [5.74, 6) is 0.609. The molecule has 2 atom stereocenters. The smallest absolute Gasteiger partial charge is 0.246 e. The standard InChI is InChI=1S/C18H23N5O2/c1-13-6-2-3-7-14(13)18-19-21-23(20-18)12-17(24)22-10-11-25-16-9-5-4-8-15(16)22/h2-3,6-7,15-16H,4-5,8-12H2,1H3/t15-,16-/m1/s1. The van der Waals surface area contributed by atoms with E-state index in [-0.39, 0.29) is 24.6 Å². The summed E-state index contributed by atoms with van der Waals surface area (Å²) in [7, 11) is 0. The lowest BCUT2D eigenvalue weighted by Crippen LogP contribution is -2.55. The molecule has 1 amide bonds. The number of tetrazole rings is 1. The molecule has 132 valence electrons. The van der Waals surface area contributed by atoms with E-state index in [1.165, 1.54) is 11.2 Å². The first-order valence-electron chi connectivity index (χ1n) is 8.97. The summed E-state index contributed by atoms with van der Waals surface area (Å²) in [4.78, 5) is 16.1.